The molecule has 0 amide bonds. The van der Waals surface area contributed by atoms with Crippen molar-refractivity contribution in [2.24, 2.45) is 0 Å². The third-order valence-corrected chi connectivity index (χ3v) is 4.80. The summed E-state index contributed by atoms with van der Waals surface area (Å²) < 4.78 is 12.2. The Kier molecular flexibility index (Phi) is 4.34. The van der Waals surface area contributed by atoms with Gasteiger partial charge in [0.2, 0.25) is 0 Å². The maximum atomic E-state index is 12.3. The monoisotopic (exact) mass is 272 g/mol. The lowest BCUT2D eigenvalue weighted by Crippen LogP contribution is -2.10. The van der Waals surface area contributed by atoms with Gasteiger partial charge < -0.3 is 4.57 Å². The van der Waals surface area contributed by atoms with Gasteiger partial charge in [-0.2, -0.15) is 0 Å². The molecule has 0 spiro atoms. The van der Waals surface area contributed by atoms with Crippen LogP contribution < -0.4 is 5.30 Å². The average molecular weight is 272 g/mol. The summed E-state index contributed by atoms with van der Waals surface area (Å²) in [5.41, 5.74) is 2.62. The van der Waals surface area contributed by atoms with Gasteiger partial charge >= 0.3 is 0 Å². The van der Waals surface area contributed by atoms with Crippen molar-refractivity contribution in [3.05, 3.63) is 65.2 Å². The predicted molar refractivity (Wildman–Crippen MR) is 80.2 cm³/mol. The topological polar surface area (TPSA) is 34.1 Å². The van der Waals surface area contributed by atoms with Crippen molar-refractivity contribution in [3.63, 3.8) is 0 Å². The molecule has 0 saturated heterocycles. The third kappa shape index (κ3) is 3.21. The molecule has 2 aromatic carbocycles. The summed E-state index contributed by atoms with van der Waals surface area (Å²) in [6, 6.07) is 15.0. The van der Waals surface area contributed by atoms with E-state index in [0.29, 0.717) is 0 Å². The second-order valence-electron chi connectivity index (χ2n) is 4.66. The summed E-state index contributed by atoms with van der Waals surface area (Å²) in [7, 11) is -2.05. The fraction of sp³-hybridized carbons (Fsp3) is 0.188. The first-order chi connectivity index (χ1) is 9.09. The number of Topliss-reactive ketones (excluding diaryl/α,β-unsaturated/α-hetero) is 1. The molecule has 0 aliphatic rings. The van der Waals surface area contributed by atoms with Crippen molar-refractivity contribution < 1.29 is 9.36 Å². The Morgan fingerprint density at radius 2 is 1.53 bits per heavy atom. The van der Waals surface area contributed by atoms with Gasteiger partial charge in [0.1, 0.15) is 7.80 Å². The first-order valence-corrected chi connectivity index (χ1v) is 7.89. The van der Waals surface area contributed by atoms with Crippen LogP contribution in [0.4, 0.5) is 0 Å². The number of hydrogen-bond donors (Lipinski definition) is 0. The van der Waals surface area contributed by atoms with E-state index in [-0.39, 0.29) is 11.9 Å². The van der Waals surface area contributed by atoms with Crippen molar-refractivity contribution in [1.29, 1.82) is 0 Å². The zero-order valence-electron chi connectivity index (χ0n) is 11.1. The Morgan fingerprint density at radius 1 is 0.947 bits per heavy atom. The van der Waals surface area contributed by atoms with Gasteiger partial charge in [-0.3, -0.25) is 4.79 Å². The van der Waals surface area contributed by atoms with E-state index in [1.165, 1.54) is 0 Å². The summed E-state index contributed by atoms with van der Waals surface area (Å²) in [4.78, 5) is 12.3. The van der Waals surface area contributed by atoms with Crippen molar-refractivity contribution in [2.75, 3.05) is 6.16 Å². The largest absolute Gasteiger partial charge is 0.321 e. The Balaban J connectivity index is 2.21. The molecule has 0 heterocycles. The van der Waals surface area contributed by atoms with E-state index in [2.05, 4.69) is 0 Å². The van der Waals surface area contributed by atoms with Gasteiger partial charge in [0.05, 0.1) is 6.16 Å². The highest BCUT2D eigenvalue weighted by Gasteiger charge is 2.15. The zero-order valence-corrected chi connectivity index (χ0v) is 12.1. The summed E-state index contributed by atoms with van der Waals surface area (Å²) in [6.45, 7) is 3.83. The molecule has 19 heavy (non-hydrogen) atoms. The quantitative estimate of drug-likeness (QED) is 0.631. The number of carbonyl (C=O) groups excluding carboxylic acids is 1. The van der Waals surface area contributed by atoms with Crippen molar-refractivity contribution in [3.8, 4) is 0 Å². The Labute approximate surface area is 114 Å². The second kappa shape index (κ2) is 5.99. The summed E-state index contributed by atoms with van der Waals surface area (Å²) in [5.74, 6) is -0.0247. The first kappa shape index (κ1) is 13.8. The molecule has 1 unspecified atom stereocenters. The van der Waals surface area contributed by atoms with Crippen LogP contribution >= 0.6 is 7.80 Å². The zero-order chi connectivity index (χ0) is 13.8. The smallest absolute Gasteiger partial charge is 0.170 e. The molecule has 0 aliphatic carbocycles. The number of carbonyl (C=O) groups is 1. The molecule has 2 rings (SSSR count). The number of ketones is 1. The maximum Gasteiger partial charge on any atom is 0.170 e. The molecular formula is C16H17O2P. The lowest BCUT2D eigenvalue weighted by Gasteiger charge is -2.08. The van der Waals surface area contributed by atoms with Crippen LogP contribution in [0.2, 0.25) is 0 Å². The van der Waals surface area contributed by atoms with Gasteiger partial charge in [-0.15, -0.1) is 0 Å². The highest BCUT2D eigenvalue weighted by Crippen LogP contribution is 2.23. The van der Waals surface area contributed by atoms with Gasteiger partial charge in [-0.1, -0.05) is 48.5 Å². The van der Waals surface area contributed by atoms with Gasteiger partial charge in [0, 0.05) is 10.9 Å². The molecule has 0 saturated carbocycles. The Bertz CT molecular complexity index is 598. The third-order valence-electron chi connectivity index (χ3n) is 3.18. The van der Waals surface area contributed by atoms with Crippen LogP contribution in [-0.4, -0.2) is 11.9 Å². The molecule has 2 nitrogen and oxygen atoms in total. The minimum Gasteiger partial charge on any atom is -0.321 e. The highest BCUT2D eigenvalue weighted by atomic mass is 31.1. The SMILES string of the molecule is Cc1cccc(C)c1C(=O)C[PH](=O)c1ccccc1. The highest BCUT2D eigenvalue weighted by molar-refractivity contribution is 7.54. The van der Waals surface area contributed by atoms with E-state index in [1.807, 2.05) is 62.4 Å². The average Bonchev–Trinajstić information content (AvgIpc) is 2.39. The summed E-state index contributed by atoms with van der Waals surface area (Å²) in [6.07, 6.45) is 0.111. The van der Waals surface area contributed by atoms with Crippen LogP contribution in [0.25, 0.3) is 0 Å². The fourth-order valence-corrected chi connectivity index (χ4v) is 3.45. The molecule has 3 heteroatoms. The molecule has 0 N–H and O–H groups in total. The van der Waals surface area contributed by atoms with Crippen molar-refractivity contribution >= 4 is 18.9 Å². The van der Waals surface area contributed by atoms with Crippen LogP contribution in [0, 0.1) is 13.8 Å². The van der Waals surface area contributed by atoms with Gasteiger partial charge in [0.25, 0.3) is 0 Å². The van der Waals surface area contributed by atoms with E-state index in [9.17, 15) is 9.36 Å². The molecule has 0 aliphatic heterocycles. The standard InChI is InChI=1S/C16H17O2P/c1-12-7-6-8-13(2)16(12)15(17)11-19(18)14-9-4-3-5-10-14/h3-10,19H,11H2,1-2H3. The van der Waals surface area contributed by atoms with Crippen LogP contribution in [0.1, 0.15) is 21.5 Å². The molecule has 0 aromatic heterocycles. The molecule has 0 fully saturated rings. The van der Waals surface area contributed by atoms with Crippen molar-refractivity contribution in [1.82, 2.24) is 0 Å². The van der Waals surface area contributed by atoms with Gasteiger partial charge in [-0.25, -0.2) is 0 Å². The van der Waals surface area contributed by atoms with E-state index in [1.54, 1.807) is 0 Å². The lowest BCUT2D eigenvalue weighted by atomic mass is 10.0. The predicted octanol–water partition coefficient (Wildman–Crippen LogP) is 3.37. The van der Waals surface area contributed by atoms with Gasteiger partial charge in [-0.05, 0) is 25.0 Å². The fourth-order valence-electron chi connectivity index (χ4n) is 2.21. The molecule has 98 valence electrons. The Hall–Kier alpha value is -1.66. The molecule has 2 aromatic rings. The first-order valence-electron chi connectivity index (χ1n) is 6.27. The summed E-state index contributed by atoms with van der Waals surface area (Å²) in [5, 5.41) is 0.770. The van der Waals surface area contributed by atoms with Gasteiger partial charge in [0.15, 0.2) is 5.78 Å². The molecule has 1 atom stereocenters. The normalized spacial score (nSPS) is 12.1. The number of hydrogen-bond acceptors (Lipinski definition) is 2. The van der Waals surface area contributed by atoms with Crippen LogP contribution in [0.5, 0.6) is 0 Å². The Morgan fingerprint density at radius 3 is 2.11 bits per heavy atom. The minimum absolute atomic E-state index is 0.0247. The van der Waals surface area contributed by atoms with E-state index in [0.717, 1.165) is 22.0 Å². The maximum absolute atomic E-state index is 12.3. The minimum atomic E-state index is -2.05. The van der Waals surface area contributed by atoms with Crippen LogP contribution in [0.3, 0.4) is 0 Å². The molecule has 0 radical (unpaired) electrons. The molecule has 0 bridgehead atoms. The number of aryl methyl sites for hydroxylation is 2. The van der Waals surface area contributed by atoms with E-state index < -0.39 is 7.80 Å². The second-order valence-corrected chi connectivity index (χ2v) is 6.43. The van der Waals surface area contributed by atoms with Crippen LogP contribution in [-0.2, 0) is 4.57 Å². The number of benzene rings is 2. The molecular weight excluding hydrogens is 255 g/mol. The van der Waals surface area contributed by atoms with Crippen LogP contribution in [0.15, 0.2) is 48.5 Å². The number of rotatable bonds is 4. The summed E-state index contributed by atoms with van der Waals surface area (Å²) >= 11 is 0. The van der Waals surface area contributed by atoms with E-state index >= 15 is 0 Å². The van der Waals surface area contributed by atoms with E-state index in [4.69, 9.17) is 0 Å². The van der Waals surface area contributed by atoms with Crippen molar-refractivity contribution in [2.45, 2.75) is 13.8 Å². The lowest BCUT2D eigenvalue weighted by molar-refractivity contribution is 0.102.